The summed E-state index contributed by atoms with van der Waals surface area (Å²) in [5, 5.41) is 11.9. The van der Waals surface area contributed by atoms with Gasteiger partial charge in [-0.25, -0.2) is 0 Å². The summed E-state index contributed by atoms with van der Waals surface area (Å²) in [6, 6.07) is 26.3. The van der Waals surface area contributed by atoms with Crippen molar-refractivity contribution in [2.24, 2.45) is 0 Å². The molecule has 1 heterocycles. The molecule has 34 heavy (non-hydrogen) atoms. The molecule has 4 aromatic rings. The number of carboxylic acid groups (broad SMARTS) is 1. The highest BCUT2D eigenvalue weighted by molar-refractivity contribution is 6.05. The van der Waals surface area contributed by atoms with Crippen molar-refractivity contribution in [3.63, 3.8) is 0 Å². The maximum Gasteiger partial charge on any atom is 0.307 e. The van der Waals surface area contributed by atoms with Crippen LogP contribution in [-0.2, 0) is 17.6 Å². The molecule has 0 fully saturated rings. The second kappa shape index (κ2) is 10.9. The summed E-state index contributed by atoms with van der Waals surface area (Å²) < 4.78 is 5.80. The van der Waals surface area contributed by atoms with E-state index in [0.717, 1.165) is 23.3 Å². The van der Waals surface area contributed by atoms with Crippen LogP contribution in [0.1, 0.15) is 21.5 Å². The summed E-state index contributed by atoms with van der Waals surface area (Å²) in [4.78, 5) is 27.9. The number of aliphatic carboxylic acids is 1. The van der Waals surface area contributed by atoms with Gasteiger partial charge in [0, 0.05) is 35.6 Å². The molecule has 2 N–H and O–H groups in total. The molecule has 0 aliphatic rings. The van der Waals surface area contributed by atoms with Gasteiger partial charge in [-0.1, -0.05) is 42.5 Å². The van der Waals surface area contributed by atoms with Gasteiger partial charge in [0.1, 0.15) is 5.75 Å². The molecule has 3 aromatic carbocycles. The number of nitrogens with zero attached hydrogens (tertiary/aromatic N) is 1. The van der Waals surface area contributed by atoms with Gasteiger partial charge in [-0.15, -0.1) is 0 Å². The van der Waals surface area contributed by atoms with E-state index >= 15 is 0 Å². The van der Waals surface area contributed by atoms with E-state index in [2.05, 4.69) is 22.4 Å². The number of nitrogens with one attached hydrogen (secondary N) is 1. The van der Waals surface area contributed by atoms with E-state index in [0.29, 0.717) is 23.4 Å². The number of rotatable bonds is 9. The van der Waals surface area contributed by atoms with Crippen molar-refractivity contribution in [3.8, 4) is 16.9 Å². The zero-order chi connectivity index (χ0) is 23.8. The summed E-state index contributed by atoms with van der Waals surface area (Å²) in [6.07, 6.45) is 3.90. The summed E-state index contributed by atoms with van der Waals surface area (Å²) >= 11 is 0. The lowest BCUT2D eigenvalue weighted by Gasteiger charge is -2.10. The molecule has 4 rings (SSSR count). The Labute approximate surface area is 197 Å². The van der Waals surface area contributed by atoms with E-state index in [1.54, 1.807) is 42.6 Å². The van der Waals surface area contributed by atoms with E-state index in [-0.39, 0.29) is 12.3 Å². The third-order valence-corrected chi connectivity index (χ3v) is 5.22. The van der Waals surface area contributed by atoms with Crippen LogP contribution < -0.4 is 10.1 Å². The van der Waals surface area contributed by atoms with Crippen molar-refractivity contribution in [1.82, 2.24) is 4.98 Å². The first kappa shape index (κ1) is 22.7. The van der Waals surface area contributed by atoms with Crippen molar-refractivity contribution in [2.75, 3.05) is 11.9 Å². The Hall–Kier alpha value is -4.45. The summed E-state index contributed by atoms with van der Waals surface area (Å²) in [5.74, 6) is -0.418. The molecule has 0 aliphatic carbocycles. The van der Waals surface area contributed by atoms with Gasteiger partial charge in [-0.2, -0.15) is 0 Å². The van der Waals surface area contributed by atoms with Gasteiger partial charge < -0.3 is 15.2 Å². The minimum absolute atomic E-state index is 0.104. The fraction of sp³-hybridized carbons (Fsp3) is 0.107. The molecule has 0 unspecified atom stereocenters. The second-order valence-corrected chi connectivity index (χ2v) is 7.80. The molecule has 0 saturated carbocycles. The molecule has 6 nitrogen and oxygen atoms in total. The number of benzene rings is 3. The molecule has 0 bridgehead atoms. The number of hydrogen-bond acceptors (Lipinski definition) is 4. The van der Waals surface area contributed by atoms with Gasteiger partial charge in [0.2, 0.25) is 0 Å². The number of carbonyl (C=O) groups is 2. The van der Waals surface area contributed by atoms with Crippen molar-refractivity contribution in [1.29, 1.82) is 0 Å². The Morgan fingerprint density at radius 3 is 2.38 bits per heavy atom. The van der Waals surface area contributed by atoms with Crippen LogP contribution in [0.25, 0.3) is 11.1 Å². The van der Waals surface area contributed by atoms with Gasteiger partial charge in [0.25, 0.3) is 5.91 Å². The molecule has 0 aliphatic heterocycles. The quantitative estimate of drug-likeness (QED) is 0.362. The number of ether oxygens (including phenoxy) is 1. The fourth-order valence-corrected chi connectivity index (χ4v) is 3.53. The van der Waals surface area contributed by atoms with Crippen LogP contribution in [0.4, 0.5) is 5.69 Å². The lowest BCUT2D eigenvalue weighted by atomic mass is 10.0. The zero-order valence-electron chi connectivity index (χ0n) is 18.5. The molecule has 0 saturated heterocycles. The number of carbonyl (C=O) groups excluding carboxylic acids is 1. The molecule has 1 aromatic heterocycles. The minimum atomic E-state index is -0.917. The Morgan fingerprint density at radius 2 is 1.62 bits per heavy atom. The molecule has 1 amide bonds. The van der Waals surface area contributed by atoms with Crippen LogP contribution in [0.3, 0.4) is 0 Å². The molecule has 170 valence electrons. The third-order valence-electron chi connectivity index (χ3n) is 5.22. The molecule has 0 spiro atoms. The Morgan fingerprint density at radius 1 is 0.824 bits per heavy atom. The highest BCUT2D eigenvalue weighted by Gasteiger charge is 2.10. The number of carboxylic acids is 1. The van der Waals surface area contributed by atoms with E-state index in [1.165, 1.54) is 11.8 Å². The van der Waals surface area contributed by atoms with Crippen molar-refractivity contribution in [3.05, 3.63) is 114 Å². The summed E-state index contributed by atoms with van der Waals surface area (Å²) in [7, 11) is 0. The van der Waals surface area contributed by atoms with Crippen molar-refractivity contribution < 1.29 is 19.4 Å². The van der Waals surface area contributed by atoms with Crippen LogP contribution in [-0.4, -0.2) is 28.6 Å². The fourth-order valence-electron chi connectivity index (χ4n) is 3.53. The maximum absolute atomic E-state index is 12.8. The largest absolute Gasteiger partial charge is 0.493 e. The van der Waals surface area contributed by atoms with Gasteiger partial charge in [-0.3, -0.25) is 14.6 Å². The average Bonchev–Trinajstić information content (AvgIpc) is 2.86. The number of amides is 1. The first-order valence-corrected chi connectivity index (χ1v) is 10.9. The summed E-state index contributed by atoms with van der Waals surface area (Å²) in [5.41, 5.74) is 4.52. The predicted molar refractivity (Wildman–Crippen MR) is 131 cm³/mol. The Bertz CT molecular complexity index is 1270. The average molecular weight is 453 g/mol. The molecule has 0 radical (unpaired) electrons. The van der Waals surface area contributed by atoms with E-state index in [1.807, 2.05) is 36.4 Å². The highest BCUT2D eigenvalue weighted by atomic mass is 16.5. The molecule has 6 heteroatoms. The third kappa shape index (κ3) is 6.29. The number of hydrogen-bond donors (Lipinski definition) is 2. The standard InChI is InChI=1S/C28H24N2O4/c31-27(32)16-21-15-24(19-29-18-21)22-7-4-8-23(17-22)28(33)30-25-9-11-26(12-10-25)34-14-13-20-5-2-1-3-6-20/h1-12,15,17-19H,13-14,16H2,(H,30,33)(H,31,32). The topological polar surface area (TPSA) is 88.5 Å². The Kier molecular flexibility index (Phi) is 7.30. The normalized spacial score (nSPS) is 10.5. The Balaban J connectivity index is 1.37. The van der Waals surface area contributed by atoms with Crippen LogP contribution in [0.5, 0.6) is 5.75 Å². The van der Waals surface area contributed by atoms with E-state index < -0.39 is 5.97 Å². The minimum Gasteiger partial charge on any atom is -0.493 e. The van der Waals surface area contributed by atoms with E-state index in [4.69, 9.17) is 9.84 Å². The van der Waals surface area contributed by atoms with E-state index in [9.17, 15) is 9.59 Å². The summed E-state index contributed by atoms with van der Waals surface area (Å²) in [6.45, 7) is 0.574. The van der Waals surface area contributed by atoms with Crippen molar-refractivity contribution >= 4 is 17.6 Å². The second-order valence-electron chi connectivity index (χ2n) is 7.80. The van der Waals surface area contributed by atoms with Gasteiger partial charge in [-0.05, 0) is 59.2 Å². The molecular weight excluding hydrogens is 428 g/mol. The van der Waals surface area contributed by atoms with Crippen LogP contribution in [0.2, 0.25) is 0 Å². The maximum atomic E-state index is 12.8. The van der Waals surface area contributed by atoms with Gasteiger partial charge >= 0.3 is 5.97 Å². The van der Waals surface area contributed by atoms with Crippen LogP contribution in [0, 0.1) is 0 Å². The lowest BCUT2D eigenvalue weighted by Crippen LogP contribution is -2.12. The first-order valence-electron chi connectivity index (χ1n) is 10.9. The van der Waals surface area contributed by atoms with Crippen LogP contribution >= 0.6 is 0 Å². The predicted octanol–water partition coefficient (Wildman–Crippen LogP) is 5.25. The zero-order valence-corrected chi connectivity index (χ0v) is 18.5. The molecular formula is C28H24N2O4. The highest BCUT2D eigenvalue weighted by Crippen LogP contribution is 2.22. The van der Waals surface area contributed by atoms with Gasteiger partial charge in [0.05, 0.1) is 13.0 Å². The van der Waals surface area contributed by atoms with Gasteiger partial charge in [0.15, 0.2) is 0 Å². The number of anilines is 1. The van der Waals surface area contributed by atoms with Crippen molar-refractivity contribution in [2.45, 2.75) is 12.8 Å². The number of aromatic nitrogens is 1. The monoisotopic (exact) mass is 452 g/mol. The smallest absolute Gasteiger partial charge is 0.307 e. The van der Waals surface area contributed by atoms with Crippen LogP contribution in [0.15, 0.2) is 97.3 Å². The molecule has 0 atom stereocenters. The SMILES string of the molecule is O=C(O)Cc1cncc(-c2cccc(C(=O)Nc3ccc(OCCc4ccccc4)cc3)c2)c1. The lowest BCUT2D eigenvalue weighted by molar-refractivity contribution is -0.136. The number of pyridine rings is 1. The first-order chi connectivity index (χ1) is 16.6.